The summed E-state index contributed by atoms with van der Waals surface area (Å²) in [7, 11) is 1.64. The van der Waals surface area contributed by atoms with Crippen molar-refractivity contribution >= 4 is 5.78 Å². The molecule has 104 valence electrons. The number of carbonyl (C=O) groups is 1. The van der Waals surface area contributed by atoms with Gasteiger partial charge in [0.05, 0.1) is 13.0 Å². The molecule has 0 amide bonds. The molecular formula is C15H16N2O3. The molecule has 5 nitrogen and oxygen atoms in total. The molecule has 1 unspecified atom stereocenters. The van der Waals surface area contributed by atoms with E-state index in [1.165, 1.54) is 0 Å². The summed E-state index contributed by atoms with van der Waals surface area (Å²) in [5.74, 6) is 1.93. The van der Waals surface area contributed by atoms with Gasteiger partial charge in [0.1, 0.15) is 11.5 Å². The summed E-state index contributed by atoms with van der Waals surface area (Å²) in [6.07, 6.45) is 2.96. The maximum atomic E-state index is 11.7. The molecule has 1 aliphatic rings. The number of carbonyl (C=O) groups excluding carboxylic acids is 1. The van der Waals surface area contributed by atoms with Crippen LogP contribution in [-0.2, 0) is 11.2 Å². The maximum absolute atomic E-state index is 11.7. The van der Waals surface area contributed by atoms with E-state index in [0.29, 0.717) is 24.6 Å². The monoisotopic (exact) mass is 272 g/mol. The fourth-order valence-electron chi connectivity index (χ4n) is 2.48. The standard InChI is InChI=1S/C15H16N2O3/c1-19-11-7-5-10(6-8-11)9-14-16-15(20-17-14)12-3-2-4-13(12)18/h5-8,12H,2-4,9H2,1H3. The highest BCUT2D eigenvalue weighted by Gasteiger charge is 2.30. The lowest BCUT2D eigenvalue weighted by molar-refractivity contribution is -0.119. The predicted molar refractivity (Wildman–Crippen MR) is 71.7 cm³/mol. The molecule has 2 aromatic rings. The van der Waals surface area contributed by atoms with Gasteiger partial charge in [0.25, 0.3) is 0 Å². The molecule has 0 aliphatic heterocycles. The van der Waals surface area contributed by atoms with E-state index < -0.39 is 0 Å². The van der Waals surface area contributed by atoms with Crippen molar-refractivity contribution in [1.29, 1.82) is 0 Å². The van der Waals surface area contributed by atoms with Gasteiger partial charge in [-0.3, -0.25) is 4.79 Å². The predicted octanol–water partition coefficient (Wildman–Crippen LogP) is 2.51. The largest absolute Gasteiger partial charge is 0.497 e. The lowest BCUT2D eigenvalue weighted by Gasteiger charge is -2.01. The average Bonchev–Trinajstić information content (AvgIpc) is 3.08. The third kappa shape index (κ3) is 2.57. The van der Waals surface area contributed by atoms with Crippen LogP contribution in [0.1, 0.15) is 42.5 Å². The van der Waals surface area contributed by atoms with Crippen molar-refractivity contribution in [2.75, 3.05) is 7.11 Å². The molecule has 1 fully saturated rings. The molecule has 3 rings (SSSR count). The molecule has 5 heteroatoms. The zero-order chi connectivity index (χ0) is 13.9. The molecule has 1 aromatic carbocycles. The smallest absolute Gasteiger partial charge is 0.237 e. The Morgan fingerprint density at radius 3 is 2.80 bits per heavy atom. The zero-order valence-electron chi connectivity index (χ0n) is 11.3. The van der Waals surface area contributed by atoms with Crippen LogP contribution in [0.2, 0.25) is 0 Å². The van der Waals surface area contributed by atoms with Gasteiger partial charge in [-0.05, 0) is 30.5 Å². The lowest BCUT2D eigenvalue weighted by atomic mass is 10.1. The zero-order valence-corrected chi connectivity index (χ0v) is 11.3. The van der Waals surface area contributed by atoms with Crippen molar-refractivity contribution < 1.29 is 14.1 Å². The van der Waals surface area contributed by atoms with Crippen molar-refractivity contribution in [1.82, 2.24) is 10.1 Å². The van der Waals surface area contributed by atoms with E-state index in [9.17, 15) is 4.79 Å². The summed E-state index contributed by atoms with van der Waals surface area (Å²) in [4.78, 5) is 16.0. The number of methoxy groups -OCH3 is 1. The molecule has 0 radical (unpaired) electrons. The molecule has 0 saturated heterocycles. The molecule has 0 bridgehead atoms. The summed E-state index contributed by atoms with van der Waals surface area (Å²) in [5, 5.41) is 3.96. The van der Waals surface area contributed by atoms with Gasteiger partial charge in [-0.1, -0.05) is 17.3 Å². The van der Waals surface area contributed by atoms with E-state index in [1.54, 1.807) is 7.11 Å². The van der Waals surface area contributed by atoms with Crippen molar-refractivity contribution in [3.8, 4) is 5.75 Å². The maximum Gasteiger partial charge on any atom is 0.237 e. The molecule has 1 saturated carbocycles. The van der Waals surface area contributed by atoms with Crippen LogP contribution in [0, 0.1) is 0 Å². The second-order valence-corrected chi connectivity index (χ2v) is 4.98. The third-order valence-electron chi connectivity index (χ3n) is 3.61. The molecule has 1 aliphatic carbocycles. The molecule has 1 heterocycles. The molecule has 20 heavy (non-hydrogen) atoms. The van der Waals surface area contributed by atoms with Gasteiger partial charge >= 0.3 is 0 Å². The Labute approximate surface area is 116 Å². The Morgan fingerprint density at radius 2 is 2.15 bits per heavy atom. The fraction of sp³-hybridized carbons (Fsp3) is 0.400. The molecule has 1 aromatic heterocycles. The average molecular weight is 272 g/mol. The van der Waals surface area contributed by atoms with E-state index in [0.717, 1.165) is 24.2 Å². The number of ether oxygens (including phenoxy) is 1. The second-order valence-electron chi connectivity index (χ2n) is 4.98. The highest BCUT2D eigenvalue weighted by Crippen LogP contribution is 2.30. The number of hydrogen-bond donors (Lipinski definition) is 0. The van der Waals surface area contributed by atoms with Crippen LogP contribution >= 0.6 is 0 Å². The van der Waals surface area contributed by atoms with Gasteiger partial charge < -0.3 is 9.26 Å². The first-order valence-corrected chi connectivity index (χ1v) is 6.74. The highest BCUT2D eigenvalue weighted by molar-refractivity contribution is 5.86. The quantitative estimate of drug-likeness (QED) is 0.855. The van der Waals surface area contributed by atoms with Gasteiger partial charge in [-0.25, -0.2) is 0 Å². The topological polar surface area (TPSA) is 65.2 Å². The van der Waals surface area contributed by atoms with Crippen LogP contribution in [0.5, 0.6) is 5.75 Å². The van der Waals surface area contributed by atoms with Crippen LogP contribution < -0.4 is 4.74 Å². The van der Waals surface area contributed by atoms with Crippen LogP contribution in [0.15, 0.2) is 28.8 Å². The van der Waals surface area contributed by atoms with E-state index >= 15 is 0 Å². The number of nitrogens with zero attached hydrogens (tertiary/aromatic N) is 2. The second kappa shape index (κ2) is 5.45. The molecule has 0 N–H and O–H groups in total. The van der Waals surface area contributed by atoms with E-state index in [1.807, 2.05) is 24.3 Å². The van der Waals surface area contributed by atoms with Crippen molar-refractivity contribution in [3.63, 3.8) is 0 Å². The summed E-state index contributed by atoms with van der Waals surface area (Å²) < 4.78 is 10.3. The van der Waals surface area contributed by atoms with Crippen molar-refractivity contribution in [2.45, 2.75) is 31.6 Å². The van der Waals surface area contributed by atoms with Gasteiger partial charge in [-0.15, -0.1) is 0 Å². The summed E-state index contributed by atoms with van der Waals surface area (Å²) >= 11 is 0. The SMILES string of the molecule is COc1ccc(Cc2noc(C3CCCC3=O)n2)cc1. The normalized spacial score (nSPS) is 18.4. The Bertz CT molecular complexity index is 604. The Hall–Kier alpha value is -2.17. The Balaban J connectivity index is 1.71. The first-order valence-electron chi connectivity index (χ1n) is 6.74. The molecule has 0 spiro atoms. The van der Waals surface area contributed by atoms with Crippen LogP contribution in [0.4, 0.5) is 0 Å². The summed E-state index contributed by atoms with van der Waals surface area (Å²) in [5.41, 5.74) is 1.08. The minimum Gasteiger partial charge on any atom is -0.497 e. The number of ketones is 1. The first-order chi connectivity index (χ1) is 9.76. The highest BCUT2D eigenvalue weighted by atomic mass is 16.5. The number of benzene rings is 1. The van der Waals surface area contributed by atoms with Crippen molar-refractivity contribution in [2.24, 2.45) is 0 Å². The lowest BCUT2D eigenvalue weighted by Crippen LogP contribution is -2.04. The number of aromatic nitrogens is 2. The number of hydrogen-bond acceptors (Lipinski definition) is 5. The fourth-order valence-corrected chi connectivity index (χ4v) is 2.48. The van der Waals surface area contributed by atoms with E-state index in [2.05, 4.69) is 10.1 Å². The van der Waals surface area contributed by atoms with Crippen LogP contribution in [0.25, 0.3) is 0 Å². The summed E-state index contributed by atoms with van der Waals surface area (Å²) in [6.45, 7) is 0. The van der Waals surface area contributed by atoms with Crippen LogP contribution in [0.3, 0.4) is 0 Å². The van der Waals surface area contributed by atoms with Crippen molar-refractivity contribution in [3.05, 3.63) is 41.5 Å². The summed E-state index contributed by atoms with van der Waals surface area (Å²) in [6, 6.07) is 7.73. The minimum absolute atomic E-state index is 0.188. The first kappa shape index (κ1) is 12.8. The molecular weight excluding hydrogens is 256 g/mol. The van der Waals surface area contributed by atoms with Gasteiger partial charge in [0.15, 0.2) is 5.82 Å². The minimum atomic E-state index is -0.188. The molecule has 1 atom stereocenters. The third-order valence-corrected chi connectivity index (χ3v) is 3.61. The van der Waals surface area contributed by atoms with E-state index in [4.69, 9.17) is 9.26 Å². The number of Topliss-reactive ketones (excluding diaryl/α,β-unsaturated/α-hetero) is 1. The van der Waals surface area contributed by atoms with Gasteiger partial charge in [0, 0.05) is 12.8 Å². The Morgan fingerprint density at radius 1 is 1.35 bits per heavy atom. The van der Waals surface area contributed by atoms with Gasteiger partial charge in [-0.2, -0.15) is 4.98 Å². The van der Waals surface area contributed by atoms with Crippen LogP contribution in [-0.4, -0.2) is 23.0 Å². The number of rotatable bonds is 4. The van der Waals surface area contributed by atoms with E-state index in [-0.39, 0.29) is 11.7 Å². The van der Waals surface area contributed by atoms with Gasteiger partial charge in [0.2, 0.25) is 5.89 Å². The Kier molecular flexibility index (Phi) is 3.50.